The van der Waals surface area contributed by atoms with Gasteiger partial charge in [-0.05, 0) is 49.0 Å². The monoisotopic (exact) mass is 606 g/mol. The number of hydrogen-bond acceptors (Lipinski definition) is 5. The van der Waals surface area contributed by atoms with Gasteiger partial charge < -0.3 is 19.7 Å². The van der Waals surface area contributed by atoms with Crippen LogP contribution in [-0.2, 0) is 25.5 Å². The van der Waals surface area contributed by atoms with E-state index in [0.717, 1.165) is 12.3 Å². The third-order valence-electron chi connectivity index (χ3n) is 6.09. The lowest BCUT2D eigenvalue weighted by Gasteiger charge is -2.23. The number of nitrogens with one attached hydrogen (secondary N) is 1. The topological polar surface area (TPSA) is 84.9 Å². The van der Waals surface area contributed by atoms with Crippen LogP contribution in [0, 0.1) is 11.3 Å². The van der Waals surface area contributed by atoms with Crippen molar-refractivity contribution < 1.29 is 23.9 Å². The number of benzene rings is 1. The van der Waals surface area contributed by atoms with Gasteiger partial charge in [-0.25, -0.2) is 9.59 Å². The van der Waals surface area contributed by atoms with Crippen molar-refractivity contribution in [3.63, 3.8) is 0 Å². The number of esters is 1. The maximum Gasteiger partial charge on any atom is 0.407 e. The first kappa shape index (κ1) is 42.6. The van der Waals surface area contributed by atoms with Crippen LogP contribution in [0.3, 0.4) is 0 Å². The van der Waals surface area contributed by atoms with Gasteiger partial charge in [-0.15, -0.1) is 0 Å². The summed E-state index contributed by atoms with van der Waals surface area (Å²) in [4.78, 5) is 36.5. The molecule has 1 aliphatic carbocycles. The van der Waals surface area contributed by atoms with E-state index >= 15 is 0 Å². The van der Waals surface area contributed by atoms with Crippen molar-refractivity contribution in [1.29, 1.82) is 0 Å². The maximum absolute atomic E-state index is 12.0. The van der Waals surface area contributed by atoms with E-state index in [2.05, 4.69) is 81.9 Å². The molecular formula is C36H66N2O5. The van der Waals surface area contributed by atoms with E-state index in [0.29, 0.717) is 13.0 Å². The third kappa shape index (κ3) is 25.6. The van der Waals surface area contributed by atoms with Gasteiger partial charge in [-0.2, -0.15) is 0 Å². The quantitative estimate of drug-likeness (QED) is 0.224. The fourth-order valence-electron chi connectivity index (χ4n) is 3.80. The number of hydrogen-bond donors (Lipinski definition) is 1. The van der Waals surface area contributed by atoms with Crippen LogP contribution in [0.15, 0.2) is 30.3 Å². The van der Waals surface area contributed by atoms with E-state index in [1.807, 2.05) is 20.8 Å². The van der Waals surface area contributed by atoms with Crippen LogP contribution in [0.5, 0.6) is 0 Å². The molecule has 7 nitrogen and oxygen atoms in total. The highest BCUT2D eigenvalue weighted by atomic mass is 16.5. The first-order valence-electron chi connectivity index (χ1n) is 16.8. The highest BCUT2D eigenvalue weighted by molar-refractivity contribution is 5.87. The van der Waals surface area contributed by atoms with E-state index in [9.17, 15) is 14.4 Å². The Bertz CT molecular complexity index is 813. The average Bonchev–Trinajstić information content (AvgIpc) is 3.65. The summed E-state index contributed by atoms with van der Waals surface area (Å²) in [5.41, 5.74) is 1.37. The summed E-state index contributed by atoms with van der Waals surface area (Å²) >= 11 is 0. The second-order valence-corrected chi connectivity index (χ2v) is 12.5. The van der Waals surface area contributed by atoms with Gasteiger partial charge in [-0.3, -0.25) is 4.79 Å². The average molecular weight is 607 g/mol. The molecule has 1 aromatic carbocycles. The second kappa shape index (κ2) is 27.0. The summed E-state index contributed by atoms with van der Waals surface area (Å²) < 4.78 is 9.67. The summed E-state index contributed by atoms with van der Waals surface area (Å²) in [6.07, 6.45) is 13.0. The van der Waals surface area contributed by atoms with E-state index in [1.54, 1.807) is 0 Å². The Hall–Kier alpha value is -2.57. The minimum absolute atomic E-state index is 0.133. The first-order chi connectivity index (χ1) is 20.4. The Balaban J connectivity index is 0. The van der Waals surface area contributed by atoms with Crippen LogP contribution in [0.1, 0.15) is 132 Å². The number of likely N-dealkylation sites (tertiary alicyclic amines) is 1. The predicted octanol–water partition coefficient (Wildman–Crippen LogP) is 8.98. The molecule has 7 heteroatoms. The van der Waals surface area contributed by atoms with Crippen LogP contribution in [0.2, 0.25) is 0 Å². The second-order valence-electron chi connectivity index (χ2n) is 12.5. The van der Waals surface area contributed by atoms with Crippen LogP contribution in [0.25, 0.3) is 0 Å². The number of carbonyl (C=O) groups excluding carboxylic acids is 3. The van der Waals surface area contributed by atoms with Crippen molar-refractivity contribution in [1.82, 2.24) is 10.2 Å². The van der Waals surface area contributed by atoms with Crippen molar-refractivity contribution in [2.45, 2.75) is 139 Å². The Morgan fingerprint density at radius 3 is 1.86 bits per heavy atom. The van der Waals surface area contributed by atoms with Crippen LogP contribution in [-0.4, -0.2) is 55.7 Å². The standard InChI is InChI=1S/C14H24N2O5.C10H12.C6H14.2C3H8/c1-14(2,3)9-21-13(19)15-8-11(17)16-7-5-6-10(16)12(18)20-4;1-2-4-9(5-3-1)8-10-6-7-10;1-3-5-6-4-2;2*1-3-2/h10H,5-9H2,1-4H3,(H,15,19);1-5,10H,6-8H2;3-6H2,1-2H3;2*3H2,1-2H3. The zero-order valence-electron chi connectivity index (χ0n) is 29.4. The van der Waals surface area contributed by atoms with Gasteiger partial charge in [0.15, 0.2) is 0 Å². The Morgan fingerprint density at radius 2 is 1.42 bits per heavy atom. The molecule has 2 fully saturated rings. The molecule has 1 N–H and O–H groups in total. The van der Waals surface area contributed by atoms with Crippen LogP contribution < -0.4 is 5.32 Å². The fourth-order valence-corrected chi connectivity index (χ4v) is 3.80. The van der Waals surface area contributed by atoms with Crippen molar-refractivity contribution in [2.24, 2.45) is 11.3 Å². The number of amides is 2. The number of nitrogens with zero attached hydrogens (tertiary/aromatic N) is 1. The van der Waals surface area contributed by atoms with Crippen molar-refractivity contribution in [2.75, 3.05) is 26.8 Å². The molecule has 1 atom stereocenters. The normalized spacial score (nSPS) is 15.0. The van der Waals surface area contributed by atoms with E-state index in [1.165, 1.54) is 75.4 Å². The van der Waals surface area contributed by atoms with Gasteiger partial charge in [0.2, 0.25) is 5.91 Å². The molecular weight excluding hydrogens is 540 g/mol. The molecule has 2 amide bonds. The molecule has 1 saturated carbocycles. The molecule has 3 rings (SSSR count). The SMILES string of the molecule is CCC.CCC.CCCCCC.COC(=O)C1CCCN1C(=O)CNC(=O)OCC(C)(C)C.c1ccc(CC2CC2)cc1. The highest BCUT2D eigenvalue weighted by Gasteiger charge is 2.34. The molecule has 1 aromatic rings. The number of unbranched alkanes of at least 4 members (excludes halogenated alkanes) is 3. The molecule has 43 heavy (non-hydrogen) atoms. The van der Waals surface area contributed by atoms with Crippen molar-refractivity contribution >= 4 is 18.0 Å². The highest BCUT2D eigenvalue weighted by Crippen LogP contribution is 2.32. The number of methoxy groups -OCH3 is 1. The number of ether oxygens (including phenoxy) is 2. The number of carbonyl (C=O) groups is 3. The van der Waals surface area contributed by atoms with Gasteiger partial charge in [0.05, 0.1) is 13.7 Å². The van der Waals surface area contributed by atoms with Gasteiger partial charge in [0, 0.05) is 6.54 Å². The minimum atomic E-state index is -0.632. The van der Waals surface area contributed by atoms with E-state index in [-0.39, 0.29) is 24.5 Å². The largest absolute Gasteiger partial charge is 0.467 e. The molecule has 1 unspecified atom stereocenters. The third-order valence-corrected chi connectivity index (χ3v) is 6.09. The molecule has 0 spiro atoms. The van der Waals surface area contributed by atoms with Crippen molar-refractivity contribution in [3.8, 4) is 0 Å². The molecule has 1 heterocycles. The molecule has 1 saturated heterocycles. The molecule has 0 aromatic heterocycles. The Labute approximate surface area is 264 Å². The number of alkyl carbamates (subject to hydrolysis) is 1. The zero-order valence-corrected chi connectivity index (χ0v) is 29.4. The lowest BCUT2D eigenvalue weighted by Crippen LogP contribution is -2.46. The molecule has 0 bridgehead atoms. The maximum atomic E-state index is 12.0. The zero-order chi connectivity index (χ0) is 33.1. The number of rotatable bonds is 9. The van der Waals surface area contributed by atoms with Gasteiger partial charge in [0.25, 0.3) is 0 Å². The van der Waals surface area contributed by atoms with Gasteiger partial charge >= 0.3 is 12.1 Å². The van der Waals surface area contributed by atoms with E-state index in [4.69, 9.17) is 4.74 Å². The molecule has 0 radical (unpaired) electrons. The van der Waals surface area contributed by atoms with Gasteiger partial charge in [0.1, 0.15) is 12.6 Å². The summed E-state index contributed by atoms with van der Waals surface area (Å²) in [7, 11) is 1.30. The molecule has 2 aliphatic rings. The van der Waals surface area contributed by atoms with Crippen molar-refractivity contribution in [3.05, 3.63) is 35.9 Å². The van der Waals surface area contributed by atoms with E-state index < -0.39 is 18.1 Å². The molecule has 1 aliphatic heterocycles. The fraction of sp³-hybridized carbons (Fsp3) is 0.750. The summed E-state index contributed by atoms with van der Waals surface area (Å²) in [6.45, 7) is 19.4. The lowest BCUT2D eigenvalue weighted by molar-refractivity contribution is -0.150. The smallest absolute Gasteiger partial charge is 0.407 e. The lowest BCUT2D eigenvalue weighted by atomic mass is 9.99. The Kier molecular flexibility index (Phi) is 26.7. The van der Waals surface area contributed by atoms with Crippen LogP contribution >= 0.6 is 0 Å². The minimum Gasteiger partial charge on any atom is -0.467 e. The predicted molar refractivity (Wildman–Crippen MR) is 180 cm³/mol. The first-order valence-corrected chi connectivity index (χ1v) is 16.8. The molecule has 250 valence electrons. The summed E-state index contributed by atoms with van der Waals surface area (Å²) in [5.74, 6) is 0.286. The Morgan fingerprint density at radius 1 is 0.884 bits per heavy atom. The van der Waals surface area contributed by atoms with Crippen LogP contribution in [0.4, 0.5) is 4.79 Å². The summed E-state index contributed by atoms with van der Waals surface area (Å²) in [5, 5.41) is 2.40. The summed E-state index contributed by atoms with van der Waals surface area (Å²) in [6, 6.07) is 10.2. The van der Waals surface area contributed by atoms with Gasteiger partial charge in [-0.1, -0.05) is 131 Å².